The molecule has 0 aromatic carbocycles. The van der Waals surface area contributed by atoms with E-state index < -0.39 is 11.9 Å². The molecule has 5 nitrogen and oxygen atoms in total. The minimum atomic E-state index is -0.802. The Hall–Kier alpha value is -0.910. The molecular formula is C14H24N2O3S. The van der Waals surface area contributed by atoms with Crippen LogP contribution in [0.5, 0.6) is 0 Å². The Morgan fingerprint density at radius 1 is 1.35 bits per heavy atom. The number of rotatable bonds is 4. The maximum atomic E-state index is 12.2. The number of amides is 2. The third-order valence-electron chi connectivity index (χ3n) is 4.73. The van der Waals surface area contributed by atoms with Crippen molar-refractivity contribution >= 4 is 23.8 Å². The van der Waals surface area contributed by atoms with E-state index in [2.05, 4.69) is 11.6 Å². The number of likely N-dealkylation sites (tertiary alicyclic amines) is 1. The average molecular weight is 300 g/mol. The molecule has 0 radical (unpaired) electrons. The summed E-state index contributed by atoms with van der Waals surface area (Å²) in [5, 5.41) is 12.1. The van der Waals surface area contributed by atoms with Crippen molar-refractivity contribution in [1.29, 1.82) is 0 Å². The van der Waals surface area contributed by atoms with Crippen molar-refractivity contribution in [1.82, 2.24) is 10.2 Å². The lowest BCUT2D eigenvalue weighted by Gasteiger charge is -2.28. The van der Waals surface area contributed by atoms with E-state index in [9.17, 15) is 9.59 Å². The normalized spacial score (nSPS) is 28.6. The van der Waals surface area contributed by atoms with Crippen LogP contribution < -0.4 is 5.32 Å². The Kier molecular flexibility index (Phi) is 4.83. The maximum absolute atomic E-state index is 12.2. The highest BCUT2D eigenvalue weighted by atomic mass is 32.2. The summed E-state index contributed by atoms with van der Waals surface area (Å²) in [4.78, 5) is 24.9. The minimum absolute atomic E-state index is 0.0271. The van der Waals surface area contributed by atoms with Crippen LogP contribution in [0.25, 0.3) is 0 Å². The van der Waals surface area contributed by atoms with Gasteiger partial charge in [-0.3, -0.25) is 4.79 Å². The van der Waals surface area contributed by atoms with Crippen LogP contribution in [0.3, 0.4) is 0 Å². The molecule has 2 amide bonds. The molecule has 2 aliphatic rings. The number of nitrogens with one attached hydrogen (secondary N) is 1. The molecule has 1 aliphatic heterocycles. The highest BCUT2D eigenvalue weighted by Gasteiger charge is 2.38. The summed E-state index contributed by atoms with van der Waals surface area (Å²) in [5.41, 5.74) is 0. The molecule has 2 unspecified atom stereocenters. The SMILES string of the molecule is CSC1(CNC(=O)N2CC(C)C(C(=O)O)C2)CCCC1. The Balaban J connectivity index is 1.85. The maximum Gasteiger partial charge on any atom is 0.317 e. The number of carboxylic acid groups (broad SMARTS) is 1. The number of aliphatic carboxylic acids is 1. The van der Waals surface area contributed by atoms with Crippen LogP contribution in [0.1, 0.15) is 32.6 Å². The number of thioether (sulfide) groups is 1. The molecular weight excluding hydrogens is 276 g/mol. The van der Waals surface area contributed by atoms with Gasteiger partial charge in [0.25, 0.3) is 0 Å². The molecule has 2 rings (SSSR count). The first-order valence-electron chi connectivity index (χ1n) is 7.28. The third-order valence-corrected chi connectivity index (χ3v) is 6.14. The van der Waals surface area contributed by atoms with E-state index in [1.54, 1.807) is 4.90 Å². The second-order valence-corrected chi connectivity index (χ2v) is 7.35. The highest BCUT2D eigenvalue weighted by Crippen LogP contribution is 2.39. The lowest BCUT2D eigenvalue weighted by molar-refractivity contribution is -0.142. The zero-order valence-electron chi connectivity index (χ0n) is 12.2. The number of hydrogen-bond acceptors (Lipinski definition) is 3. The zero-order valence-corrected chi connectivity index (χ0v) is 13.0. The van der Waals surface area contributed by atoms with Crippen molar-refractivity contribution in [2.75, 3.05) is 25.9 Å². The van der Waals surface area contributed by atoms with Crippen LogP contribution in [0.4, 0.5) is 4.79 Å². The van der Waals surface area contributed by atoms with Gasteiger partial charge in [0.1, 0.15) is 0 Å². The second-order valence-electron chi connectivity index (χ2n) is 6.08. The van der Waals surface area contributed by atoms with Gasteiger partial charge < -0.3 is 15.3 Å². The van der Waals surface area contributed by atoms with Gasteiger partial charge in [-0.1, -0.05) is 19.8 Å². The predicted molar refractivity (Wildman–Crippen MR) is 80.0 cm³/mol. The van der Waals surface area contributed by atoms with Gasteiger partial charge in [-0.2, -0.15) is 11.8 Å². The Morgan fingerprint density at radius 3 is 2.50 bits per heavy atom. The Labute approximate surface area is 124 Å². The Morgan fingerprint density at radius 2 is 2.00 bits per heavy atom. The predicted octanol–water partition coefficient (Wildman–Crippen LogP) is 2.02. The average Bonchev–Trinajstić information content (AvgIpc) is 3.03. The highest BCUT2D eigenvalue weighted by molar-refractivity contribution is 8.00. The van der Waals surface area contributed by atoms with E-state index in [0.29, 0.717) is 19.6 Å². The molecule has 2 N–H and O–H groups in total. The second kappa shape index (κ2) is 6.24. The van der Waals surface area contributed by atoms with Crippen molar-refractivity contribution in [3.05, 3.63) is 0 Å². The van der Waals surface area contributed by atoms with E-state index in [4.69, 9.17) is 5.11 Å². The van der Waals surface area contributed by atoms with Gasteiger partial charge in [0.15, 0.2) is 0 Å². The molecule has 6 heteroatoms. The quantitative estimate of drug-likeness (QED) is 0.833. The molecule has 0 aromatic heterocycles. The van der Waals surface area contributed by atoms with Crippen molar-refractivity contribution in [2.24, 2.45) is 11.8 Å². The molecule has 1 saturated heterocycles. The summed E-state index contributed by atoms with van der Waals surface area (Å²) in [6, 6.07) is -0.110. The first kappa shape index (κ1) is 15.5. The molecule has 2 atom stereocenters. The lowest BCUT2D eigenvalue weighted by atomic mass is 9.99. The van der Waals surface area contributed by atoms with E-state index in [0.717, 1.165) is 12.8 Å². The molecule has 1 saturated carbocycles. The van der Waals surface area contributed by atoms with Crippen LogP contribution in [0.2, 0.25) is 0 Å². The fraction of sp³-hybridized carbons (Fsp3) is 0.857. The van der Waals surface area contributed by atoms with Crippen molar-refractivity contribution in [3.8, 4) is 0 Å². The molecule has 20 heavy (non-hydrogen) atoms. The first-order valence-corrected chi connectivity index (χ1v) is 8.51. The zero-order chi connectivity index (χ0) is 14.8. The molecule has 0 spiro atoms. The van der Waals surface area contributed by atoms with E-state index in [1.807, 2.05) is 18.7 Å². The van der Waals surface area contributed by atoms with Crippen molar-refractivity contribution in [3.63, 3.8) is 0 Å². The third kappa shape index (κ3) is 3.22. The number of carboxylic acids is 1. The van der Waals surface area contributed by atoms with E-state index in [-0.39, 0.29) is 16.7 Å². The Bertz CT molecular complexity index is 383. The summed E-state index contributed by atoms with van der Waals surface area (Å²) in [6.45, 7) is 3.45. The largest absolute Gasteiger partial charge is 0.481 e. The first-order chi connectivity index (χ1) is 9.47. The molecule has 0 aromatic rings. The smallest absolute Gasteiger partial charge is 0.317 e. The van der Waals surface area contributed by atoms with Gasteiger partial charge >= 0.3 is 12.0 Å². The summed E-state index contributed by atoms with van der Waals surface area (Å²) >= 11 is 1.84. The van der Waals surface area contributed by atoms with Gasteiger partial charge in [-0.05, 0) is 25.0 Å². The molecule has 114 valence electrons. The minimum Gasteiger partial charge on any atom is -0.481 e. The monoisotopic (exact) mass is 300 g/mol. The number of urea groups is 1. The van der Waals surface area contributed by atoms with Crippen LogP contribution in [-0.2, 0) is 4.79 Å². The summed E-state index contributed by atoms with van der Waals surface area (Å²) in [7, 11) is 0. The van der Waals surface area contributed by atoms with Crippen molar-refractivity contribution in [2.45, 2.75) is 37.4 Å². The topological polar surface area (TPSA) is 69.6 Å². The van der Waals surface area contributed by atoms with Gasteiger partial charge in [0, 0.05) is 24.4 Å². The lowest BCUT2D eigenvalue weighted by Crippen LogP contribution is -2.45. The number of hydrogen-bond donors (Lipinski definition) is 2. The molecule has 2 fully saturated rings. The number of carbonyl (C=O) groups is 2. The van der Waals surface area contributed by atoms with Gasteiger partial charge in [0.2, 0.25) is 0 Å². The van der Waals surface area contributed by atoms with Gasteiger partial charge in [-0.25, -0.2) is 4.79 Å². The van der Waals surface area contributed by atoms with E-state index >= 15 is 0 Å². The van der Waals surface area contributed by atoms with Crippen LogP contribution in [0, 0.1) is 11.8 Å². The summed E-state index contributed by atoms with van der Waals surface area (Å²) in [6.07, 6.45) is 6.89. The fourth-order valence-electron chi connectivity index (χ4n) is 3.27. The number of nitrogens with zero attached hydrogens (tertiary/aromatic N) is 1. The summed E-state index contributed by atoms with van der Waals surface area (Å²) < 4.78 is 0.188. The van der Waals surface area contributed by atoms with Crippen molar-refractivity contribution < 1.29 is 14.7 Å². The molecule has 1 heterocycles. The standard InChI is InChI=1S/C14H24N2O3S/c1-10-7-16(8-11(10)12(17)18)13(19)15-9-14(20-2)5-3-4-6-14/h10-11H,3-9H2,1-2H3,(H,15,19)(H,17,18). The fourth-order valence-corrected chi connectivity index (χ4v) is 4.19. The van der Waals surface area contributed by atoms with Gasteiger partial charge in [-0.15, -0.1) is 0 Å². The summed E-state index contributed by atoms with van der Waals surface area (Å²) in [5.74, 6) is -1.20. The van der Waals surface area contributed by atoms with E-state index in [1.165, 1.54) is 12.8 Å². The van der Waals surface area contributed by atoms with Crippen LogP contribution in [0.15, 0.2) is 0 Å². The number of carbonyl (C=O) groups excluding carboxylic acids is 1. The van der Waals surface area contributed by atoms with Crippen LogP contribution >= 0.6 is 11.8 Å². The van der Waals surface area contributed by atoms with Crippen LogP contribution in [-0.4, -0.2) is 52.6 Å². The molecule has 0 bridgehead atoms. The molecule has 1 aliphatic carbocycles. The van der Waals surface area contributed by atoms with Gasteiger partial charge in [0.05, 0.1) is 5.92 Å².